The molecule has 1 N–H and O–H groups in total. The summed E-state index contributed by atoms with van der Waals surface area (Å²) in [6, 6.07) is 11.7. The first kappa shape index (κ1) is 25.4. The molecule has 3 aromatic carbocycles. The predicted molar refractivity (Wildman–Crippen MR) is 124 cm³/mol. The molecule has 0 saturated heterocycles. The lowest BCUT2D eigenvalue weighted by Gasteiger charge is -2.20. The first-order valence-electron chi connectivity index (χ1n) is 9.45. The van der Waals surface area contributed by atoms with Crippen LogP contribution in [0, 0.1) is 11.6 Å². The maximum atomic E-state index is 13.8. The van der Waals surface area contributed by atoms with Crippen molar-refractivity contribution < 1.29 is 31.5 Å². The Balaban J connectivity index is 1.74. The van der Waals surface area contributed by atoms with E-state index < -0.39 is 40.1 Å². The van der Waals surface area contributed by atoms with Crippen molar-refractivity contribution in [2.45, 2.75) is 4.90 Å². The minimum Gasteiger partial charge on any atom is -0.452 e. The number of halogens is 4. The number of ether oxygens (including phenoxy) is 1. The molecule has 0 radical (unpaired) electrons. The van der Waals surface area contributed by atoms with E-state index in [9.17, 15) is 26.8 Å². The SMILES string of the molecule is CN(c1ccc(F)cc1)S(=O)(=O)c1ccc(Cl)c(C(=O)OCC(=O)Nc2ccc(Cl)cc2F)c1. The number of hydrogen-bond donors (Lipinski definition) is 1. The van der Waals surface area contributed by atoms with Crippen LogP contribution in [0.4, 0.5) is 20.2 Å². The lowest BCUT2D eigenvalue weighted by molar-refractivity contribution is -0.119. The van der Waals surface area contributed by atoms with Crippen molar-refractivity contribution in [3.63, 3.8) is 0 Å². The third kappa shape index (κ3) is 5.82. The molecule has 0 aliphatic heterocycles. The van der Waals surface area contributed by atoms with E-state index in [0.29, 0.717) is 0 Å². The zero-order valence-corrected chi connectivity index (χ0v) is 19.7. The molecule has 1 amide bonds. The minimum absolute atomic E-state index is 0.113. The Morgan fingerprint density at radius 3 is 2.32 bits per heavy atom. The number of sulfonamides is 1. The second kappa shape index (κ2) is 10.4. The van der Waals surface area contributed by atoms with Gasteiger partial charge in [0, 0.05) is 12.1 Å². The second-order valence-electron chi connectivity index (χ2n) is 6.84. The highest BCUT2D eigenvalue weighted by Crippen LogP contribution is 2.26. The van der Waals surface area contributed by atoms with Gasteiger partial charge in [0.1, 0.15) is 11.6 Å². The zero-order chi connectivity index (χ0) is 25.0. The first-order chi connectivity index (χ1) is 16.0. The number of esters is 1. The van der Waals surface area contributed by atoms with Crippen LogP contribution in [0.5, 0.6) is 0 Å². The van der Waals surface area contributed by atoms with Crippen molar-refractivity contribution in [3.8, 4) is 0 Å². The van der Waals surface area contributed by atoms with Crippen LogP contribution >= 0.6 is 23.2 Å². The van der Waals surface area contributed by atoms with Crippen LogP contribution in [-0.4, -0.2) is 33.9 Å². The molecular formula is C22H16Cl2F2N2O5S. The lowest BCUT2D eigenvalue weighted by atomic mass is 10.2. The van der Waals surface area contributed by atoms with Crippen molar-refractivity contribution >= 4 is 56.5 Å². The van der Waals surface area contributed by atoms with E-state index in [1.54, 1.807) is 0 Å². The standard InChI is InChI=1S/C22H16Cl2F2N2O5S/c1-28(15-5-3-14(25)4-6-15)34(31,32)16-7-8-18(24)17(11-16)22(30)33-12-21(29)27-20-9-2-13(23)10-19(20)26/h2-11H,12H2,1H3,(H,27,29). The fourth-order valence-electron chi connectivity index (χ4n) is 2.76. The Morgan fingerprint density at radius 1 is 1.00 bits per heavy atom. The molecule has 7 nitrogen and oxygen atoms in total. The topological polar surface area (TPSA) is 92.8 Å². The zero-order valence-electron chi connectivity index (χ0n) is 17.4. The number of carbonyl (C=O) groups excluding carboxylic acids is 2. The van der Waals surface area contributed by atoms with Crippen LogP contribution in [0.15, 0.2) is 65.6 Å². The van der Waals surface area contributed by atoms with Gasteiger partial charge in [-0.15, -0.1) is 0 Å². The van der Waals surface area contributed by atoms with Crippen molar-refractivity contribution in [1.82, 2.24) is 0 Å². The number of benzene rings is 3. The quantitative estimate of drug-likeness (QED) is 0.440. The largest absolute Gasteiger partial charge is 0.452 e. The van der Waals surface area contributed by atoms with E-state index in [1.165, 1.54) is 43.4 Å². The van der Waals surface area contributed by atoms with E-state index in [1.807, 2.05) is 0 Å². The van der Waals surface area contributed by atoms with Crippen molar-refractivity contribution in [1.29, 1.82) is 0 Å². The summed E-state index contributed by atoms with van der Waals surface area (Å²) >= 11 is 11.7. The predicted octanol–water partition coefficient (Wildman–Crippen LogP) is 4.89. The molecule has 0 heterocycles. The van der Waals surface area contributed by atoms with Gasteiger partial charge in [-0.3, -0.25) is 9.10 Å². The van der Waals surface area contributed by atoms with Gasteiger partial charge in [0.25, 0.3) is 15.9 Å². The third-order valence-electron chi connectivity index (χ3n) is 4.55. The van der Waals surface area contributed by atoms with Crippen LogP contribution in [0.1, 0.15) is 10.4 Å². The molecule has 0 aromatic heterocycles. The summed E-state index contributed by atoms with van der Waals surface area (Å²) in [7, 11) is -2.89. The minimum atomic E-state index is -4.15. The van der Waals surface area contributed by atoms with E-state index in [4.69, 9.17) is 27.9 Å². The Bertz CT molecular complexity index is 1350. The Morgan fingerprint density at radius 2 is 1.68 bits per heavy atom. The van der Waals surface area contributed by atoms with Gasteiger partial charge in [0.05, 0.1) is 26.9 Å². The highest BCUT2D eigenvalue weighted by atomic mass is 35.5. The van der Waals surface area contributed by atoms with Crippen LogP contribution in [0.2, 0.25) is 10.0 Å². The summed E-state index contributed by atoms with van der Waals surface area (Å²) < 4.78 is 58.7. The average Bonchev–Trinajstić information content (AvgIpc) is 2.79. The molecule has 178 valence electrons. The Labute approximate surface area is 203 Å². The molecule has 0 bridgehead atoms. The van der Waals surface area contributed by atoms with Gasteiger partial charge in [-0.25, -0.2) is 22.0 Å². The van der Waals surface area contributed by atoms with Gasteiger partial charge < -0.3 is 10.1 Å². The highest BCUT2D eigenvalue weighted by Gasteiger charge is 2.24. The smallest absolute Gasteiger partial charge is 0.340 e. The molecule has 3 rings (SSSR count). The summed E-state index contributed by atoms with van der Waals surface area (Å²) in [4.78, 5) is 24.2. The van der Waals surface area contributed by atoms with Crippen molar-refractivity contribution in [2.24, 2.45) is 0 Å². The van der Waals surface area contributed by atoms with Crippen molar-refractivity contribution in [2.75, 3.05) is 23.3 Å². The van der Waals surface area contributed by atoms with E-state index >= 15 is 0 Å². The second-order valence-corrected chi connectivity index (χ2v) is 9.65. The summed E-state index contributed by atoms with van der Waals surface area (Å²) in [5.41, 5.74) is -0.285. The van der Waals surface area contributed by atoms with Crippen LogP contribution in [0.3, 0.4) is 0 Å². The molecule has 3 aromatic rings. The molecule has 34 heavy (non-hydrogen) atoms. The van der Waals surface area contributed by atoms with Gasteiger partial charge >= 0.3 is 5.97 Å². The Kier molecular flexibility index (Phi) is 7.75. The summed E-state index contributed by atoms with van der Waals surface area (Å²) in [6.45, 7) is -0.788. The lowest BCUT2D eigenvalue weighted by Crippen LogP contribution is -2.27. The number of nitrogens with one attached hydrogen (secondary N) is 1. The maximum absolute atomic E-state index is 13.8. The van der Waals surface area contributed by atoms with Gasteiger partial charge in [-0.1, -0.05) is 23.2 Å². The molecule has 0 aliphatic carbocycles. The molecule has 0 atom stereocenters. The fourth-order valence-corrected chi connectivity index (χ4v) is 4.33. The number of carbonyl (C=O) groups is 2. The van der Waals surface area contributed by atoms with Crippen LogP contribution in [0.25, 0.3) is 0 Å². The van der Waals surface area contributed by atoms with E-state index in [0.717, 1.165) is 28.6 Å². The fraction of sp³-hybridized carbons (Fsp3) is 0.0909. The number of rotatable bonds is 7. The number of amides is 1. The van der Waals surface area contributed by atoms with E-state index in [2.05, 4.69) is 5.32 Å². The molecule has 0 aliphatic rings. The first-order valence-corrected chi connectivity index (χ1v) is 11.6. The molecule has 0 fully saturated rings. The molecule has 12 heteroatoms. The summed E-state index contributed by atoms with van der Waals surface area (Å²) in [6.07, 6.45) is 0. The van der Waals surface area contributed by atoms with Gasteiger partial charge in [-0.05, 0) is 60.7 Å². The summed E-state index contributed by atoms with van der Waals surface area (Å²) in [5, 5.41) is 2.24. The number of nitrogens with zero attached hydrogens (tertiary/aromatic N) is 1. The molecule has 0 unspecified atom stereocenters. The molecule has 0 saturated carbocycles. The number of anilines is 2. The van der Waals surface area contributed by atoms with Crippen LogP contribution in [-0.2, 0) is 19.6 Å². The van der Waals surface area contributed by atoms with Gasteiger partial charge in [0.15, 0.2) is 6.61 Å². The molecule has 0 spiro atoms. The average molecular weight is 529 g/mol. The highest BCUT2D eigenvalue weighted by molar-refractivity contribution is 7.92. The normalized spacial score (nSPS) is 11.1. The number of hydrogen-bond acceptors (Lipinski definition) is 5. The van der Waals surface area contributed by atoms with Crippen molar-refractivity contribution in [3.05, 3.63) is 87.9 Å². The molecular weight excluding hydrogens is 513 g/mol. The Hall–Kier alpha value is -3.21. The summed E-state index contributed by atoms with van der Waals surface area (Å²) in [5.74, 6) is -3.23. The van der Waals surface area contributed by atoms with Gasteiger partial charge in [0.2, 0.25) is 0 Å². The van der Waals surface area contributed by atoms with E-state index in [-0.39, 0.29) is 31.9 Å². The maximum Gasteiger partial charge on any atom is 0.340 e. The third-order valence-corrected chi connectivity index (χ3v) is 6.89. The monoisotopic (exact) mass is 528 g/mol. The van der Waals surface area contributed by atoms with Crippen LogP contribution < -0.4 is 9.62 Å². The van der Waals surface area contributed by atoms with Gasteiger partial charge in [-0.2, -0.15) is 0 Å².